The van der Waals surface area contributed by atoms with Gasteiger partial charge in [-0.15, -0.1) is 0 Å². The van der Waals surface area contributed by atoms with Gasteiger partial charge in [0.05, 0.1) is 23.7 Å². The molecular formula is C21H28N2O4. The van der Waals surface area contributed by atoms with Crippen LogP contribution >= 0.6 is 0 Å². The Morgan fingerprint density at radius 1 is 0.852 bits per heavy atom. The van der Waals surface area contributed by atoms with Crippen LogP contribution in [0.2, 0.25) is 0 Å². The standard InChI is InChI=1S/C21H28N2O4/c1-6-10(3)22-17(24)13-11-8-9-12(14(13)18(22)25)16-15(11)19(26)23(20(16)27)21(4,5)7-2/h8-16H,6-7H2,1-5H3. The van der Waals surface area contributed by atoms with Crippen molar-refractivity contribution >= 4 is 23.6 Å². The number of likely N-dealkylation sites (tertiary alicyclic amines) is 2. The minimum absolute atomic E-state index is 0.156. The molecule has 6 heteroatoms. The minimum Gasteiger partial charge on any atom is -0.279 e. The highest BCUT2D eigenvalue weighted by Crippen LogP contribution is 2.58. The summed E-state index contributed by atoms with van der Waals surface area (Å²) in [5.74, 6) is -3.38. The molecule has 0 aromatic heterocycles. The van der Waals surface area contributed by atoms with E-state index in [1.165, 1.54) is 9.80 Å². The van der Waals surface area contributed by atoms with Crippen molar-refractivity contribution in [1.29, 1.82) is 0 Å². The van der Waals surface area contributed by atoms with Gasteiger partial charge in [-0.1, -0.05) is 26.0 Å². The van der Waals surface area contributed by atoms with E-state index in [1.54, 1.807) is 0 Å². The normalized spacial score (nSPS) is 38.7. The monoisotopic (exact) mass is 372 g/mol. The number of nitrogens with zero attached hydrogens (tertiary/aromatic N) is 2. The molecule has 2 saturated heterocycles. The Balaban J connectivity index is 1.76. The molecule has 3 aliphatic carbocycles. The van der Waals surface area contributed by atoms with E-state index in [0.29, 0.717) is 12.8 Å². The van der Waals surface area contributed by atoms with E-state index in [1.807, 2.05) is 46.8 Å². The van der Waals surface area contributed by atoms with E-state index >= 15 is 0 Å². The first-order valence-electron chi connectivity index (χ1n) is 10.1. The first-order chi connectivity index (χ1) is 12.7. The van der Waals surface area contributed by atoms with Crippen LogP contribution in [0.4, 0.5) is 0 Å². The summed E-state index contributed by atoms with van der Waals surface area (Å²) in [7, 11) is 0. The number of hydrogen-bond acceptors (Lipinski definition) is 4. The molecule has 3 fully saturated rings. The van der Waals surface area contributed by atoms with Gasteiger partial charge in [0.2, 0.25) is 23.6 Å². The van der Waals surface area contributed by atoms with Crippen molar-refractivity contribution in [2.24, 2.45) is 35.5 Å². The highest BCUT2D eigenvalue weighted by Gasteiger charge is 2.69. The van der Waals surface area contributed by atoms with Gasteiger partial charge in [0.1, 0.15) is 0 Å². The molecule has 2 bridgehead atoms. The molecule has 7 atom stereocenters. The highest BCUT2D eigenvalue weighted by atomic mass is 16.2. The van der Waals surface area contributed by atoms with Crippen LogP contribution in [0.3, 0.4) is 0 Å². The maximum absolute atomic E-state index is 13.3. The predicted molar refractivity (Wildman–Crippen MR) is 97.9 cm³/mol. The molecule has 0 radical (unpaired) electrons. The summed E-state index contributed by atoms with van der Waals surface area (Å²) >= 11 is 0. The van der Waals surface area contributed by atoms with Crippen LogP contribution < -0.4 is 0 Å². The number of allylic oxidation sites excluding steroid dienone is 2. The summed E-state index contributed by atoms with van der Waals surface area (Å²) in [4.78, 5) is 55.5. The summed E-state index contributed by atoms with van der Waals surface area (Å²) in [6, 6.07) is -0.156. The smallest absolute Gasteiger partial charge is 0.234 e. The van der Waals surface area contributed by atoms with Gasteiger partial charge in [-0.05, 0) is 33.6 Å². The van der Waals surface area contributed by atoms with Crippen LogP contribution in [0.25, 0.3) is 0 Å². The maximum Gasteiger partial charge on any atom is 0.234 e. The fourth-order valence-corrected chi connectivity index (χ4v) is 5.62. The molecule has 0 spiro atoms. The van der Waals surface area contributed by atoms with Gasteiger partial charge in [-0.3, -0.25) is 29.0 Å². The van der Waals surface area contributed by atoms with E-state index in [0.717, 1.165) is 0 Å². The lowest BCUT2D eigenvalue weighted by molar-refractivity contribution is -0.146. The van der Waals surface area contributed by atoms with Crippen molar-refractivity contribution < 1.29 is 19.2 Å². The van der Waals surface area contributed by atoms with Crippen molar-refractivity contribution in [3.05, 3.63) is 12.2 Å². The molecule has 0 aromatic carbocycles. The van der Waals surface area contributed by atoms with Crippen molar-refractivity contribution in [1.82, 2.24) is 9.80 Å². The number of carbonyl (C=O) groups is 4. The van der Waals surface area contributed by atoms with Crippen molar-refractivity contribution in [3.8, 4) is 0 Å². The molecule has 7 unspecified atom stereocenters. The third-order valence-electron chi connectivity index (χ3n) is 7.55. The van der Waals surface area contributed by atoms with Crippen molar-refractivity contribution in [2.75, 3.05) is 0 Å². The lowest BCUT2D eigenvalue weighted by Crippen LogP contribution is -2.50. The highest BCUT2D eigenvalue weighted by molar-refractivity contribution is 6.11. The molecule has 2 heterocycles. The molecule has 146 valence electrons. The summed E-state index contributed by atoms with van der Waals surface area (Å²) < 4.78 is 0. The topological polar surface area (TPSA) is 74.8 Å². The van der Waals surface area contributed by atoms with Crippen molar-refractivity contribution in [2.45, 2.75) is 59.0 Å². The van der Waals surface area contributed by atoms with Gasteiger partial charge in [-0.2, -0.15) is 0 Å². The van der Waals surface area contributed by atoms with E-state index < -0.39 is 29.2 Å². The Morgan fingerprint density at radius 2 is 1.26 bits per heavy atom. The van der Waals surface area contributed by atoms with E-state index in [4.69, 9.17) is 0 Å². The van der Waals surface area contributed by atoms with E-state index in [9.17, 15) is 19.2 Å². The largest absolute Gasteiger partial charge is 0.279 e. The van der Waals surface area contributed by atoms with Crippen LogP contribution in [0.1, 0.15) is 47.5 Å². The van der Waals surface area contributed by atoms with Crippen LogP contribution in [-0.2, 0) is 19.2 Å². The molecule has 0 aromatic rings. The van der Waals surface area contributed by atoms with Crippen molar-refractivity contribution in [3.63, 3.8) is 0 Å². The summed E-state index contributed by atoms with van der Waals surface area (Å²) in [5, 5.41) is 0. The zero-order valence-corrected chi connectivity index (χ0v) is 16.6. The molecule has 5 rings (SSSR count). The fourth-order valence-electron chi connectivity index (χ4n) is 5.62. The molecule has 4 amide bonds. The molecule has 27 heavy (non-hydrogen) atoms. The lowest BCUT2D eigenvalue weighted by Gasteiger charge is -2.44. The first kappa shape index (κ1) is 18.4. The van der Waals surface area contributed by atoms with Gasteiger partial charge in [0, 0.05) is 23.4 Å². The third-order valence-corrected chi connectivity index (χ3v) is 7.55. The number of rotatable bonds is 4. The second-order valence-corrected chi connectivity index (χ2v) is 9.12. The molecule has 2 aliphatic heterocycles. The van der Waals surface area contributed by atoms with Gasteiger partial charge in [-0.25, -0.2) is 0 Å². The van der Waals surface area contributed by atoms with E-state index in [-0.39, 0.29) is 41.5 Å². The average Bonchev–Trinajstić information content (AvgIpc) is 3.09. The zero-order chi connectivity index (χ0) is 19.8. The first-order valence-corrected chi connectivity index (χ1v) is 10.1. The Kier molecular flexibility index (Phi) is 3.92. The van der Waals surface area contributed by atoms with Gasteiger partial charge < -0.3 is 0 Å². The van der Waals surface area contributed by atoms with Gasteiger partial charge in [0.25, 0.3) is 0 Å². The van der Waals surface area contributed by atoms with Crippen LogP contribution in [-0.4, -0.2) is 45.0 Å². The van der Waals surface area contributed by atoms with Gasteiger partial charge >= 0.3 is 0 Å². The Hall–Kier alpha value is -1.98. The minimum atomic E-state index is -0.559. The SMILES string of the molecule is CCC(C)N1C(=O)C2C3C=CC(C2C1=O)C1C(=O)N(C(C)(C)CC)C(=O)C31. The third kappa shape index (κ3) is 2.13. The quantitative estimate of drug-likeness (QED) is 0.559. The predicted octanol–water partition coefficient (Wildman–Crippen LogP) is 1.99. The summed E-state index contributed by atoms with van der Waals surface area (Å²) in [6.07, 6.45) is 5.21. The Morgan fingerprint density at radius 3 is 1.63 bits per heavy atom. The number of imide groups is 2. The van der Waals surface area contributed by atoms with Crippen LogP contribution in [0.5, 0.6) is 0 Å². The number of carbonyl (C=O) groups excluding carboxylic acids is 4. The molecule has 5 aliphatic rings. The maximum atomic E-state index is 13.3. The second-order valence-electron chi connectivity index (χ2n) is 9.12. The zero-order valence-electron chi connectivity index (χ0n) is 16.6. The molecular weight excluding hydrogens is 344 g/mol. The Labute approximate surface area is 159 Å². The summed E-state index contributed by atoms with van der Waals surface area (Å²) in [6.45, 7) is 9.59. The lowest BCUT2D eigenvalue weighted by atomic mass is 9.54. The second kappa shape index (κ2) is 5.76. The summed E-state index contributed by atoms with van der Waals surface area (Å²) in [5.41, 5.74) is -0.559. The average molecular weight is 372 g/mol. The van der Waals surface area contributed by atoms with Crippen LogP contribution in [0.15, 0.2) is 12.2 Å². The van der Waals surface area contributed by atoms with E-state index in [2.05, 4.69) is 0 Å². The molecule has 0 N–H and O–H groups in total. The molecule has 6 nitrogen and oxygen atoms in total. The fraction of sp³-hybridized carbons (Fsp3) is 0.714. The molecule has 1 saturated carbocycles. The number of hydrogen-bond donors (Lipinski definition) is 0. The van der Waals surface area contributed by atoms with Crippen LogP contribution in [0, 0.1) is 35.5 Å². The Bertz CT molecular complexity index is 720. The van der Waals surface area contributed by atoms with Gasteiger partial charge in [0.15, 0.2) is 0 Å². The number of amides is 4.